The summed E-state index contributed by atoms with van der Waals surface area (Å²) in [6, 6.07) is 12.4. The van der Waals surface area contributed by atoms with E-state index < -0.39 is 13.0 Å². The summed E-state index contributed by atoms with van der Waals surface area (Å²) >= 11 is 0. The average Bonchev–Trinajstić information content (AvgIpc) is 3.40. The van der Waals surface area contributed by atoms with Gasteiger partial charge in [0.05, 0.1) is 18.0 Å². The molecule has 0 fully saturated rings. The molecule has 166 valence electrons. The van der Waals surface area contributed by atoms with Gasteiger partial charge in [-0.15, -0.1) is 0 Å². The number of carbonyl (C=O) groups is 1. The Kier molecular flexibility index (Phi) is 5.23. The number of ether oxygens (including phenoxy) is 1. The minimum absolute atomic E-state index is 0.409. The molecule has 0 saturated heterocycles. The van der Waals surface area contributed by atoms with Gasteiger partial charge in [-0.2, -0.15) is 0 Å². The van der Waals surface area contributed by atoms with Crippen LogP contribution >= 0.6 is 0 Å². The number of benzene rings is 2. The molecule has 0 radical (unpaired) electrons. The number of nitrogens with zero attached hydrogens (tertiary/aromatic N) is 3. The van der Waals surface area contributed by atoms with Gasteiger partial charge in [-0.3, -0.25) is 4.79 Å². The van der Waals surface area contributed by atoms with Crippen molar-refractivity contribution in [3.8, 4) is 17.3 Å². The Morgan fingerprint density at radius 2 is 2.03 bits per heavy atom. The van der Waals surface area contributed by atoms with Gasteiger partial charge >= 0.3 is 7.12 Å². The lowest BCUT2D eigenvalue weighted by Gasteiger charge is -2.13. The maximum atomic E-state index is 11.9. The molecule has 1 aliphatic rings. The van der Waals surface area contributed by atoms with E-state index in [4.69, 9.17) is 20.4 Å². The SMILES string of the molecule is Cn1cc2c(C(N)=O)cccc2c1-c1nc2c(c(NCc3cccc(B(O)O)c3)n1)OCC2. The van der Waals surface area contributed by atoms with Gasteiger partial charge in [-0.25, -0.2) is 9.97 Å². The first kappa shape index (κ1) is 21.0. The number of amides is 1. The fourth-order valence-corrected chi connectivity index (χ4v) is 4.20. The minimum Gasteiger partial charge on any atom is -0.487 e. The van der Waals surface area contributed by atoms with Crippen molar-refractivity contribution < 1.29 is 19.6 Å². The lowest BCUT2D eigenvalue weighted by Crippen LogP contribution is -2.30. The summed E-state index contributed by atoms with van der Waals surface area (Å²) in [6.45, 7) is 0.931. The van der Waals surface area contributed by atoms with Crippen molar-refractivity contribution in [2.75, 3.05) is 11.9 Å². The number of fused-ring (bicyclic) bond motifs is 2. The molecule has 0 unspecified atom stereocenters. The predicted octanol–water partition coefficient (Wildman–Crippen LogP) is 0.961. The van der Waals surface area contributed by atoms with E-state index in [-0.39, 0.29) is 0 Å². The number of rotatable bonds is 6. The summed E-state index contributed by atoms with van der Waals surface area (Å²) in [5.41, 5.74) is 8.87. The van der Waals surface area contributed by atoms with E-state index in [0.29, 0.717) is 48.0 Å². The lowest BCUT2D eigenvalue weighted by atomic mass is 9.80. The summed E-state index contributed by atoms with van der Waals surface area (Å²) < 4.78 is 7.68. The van der Waals surface area contributed by atoms with Crippen molar-refractivity contribution in [1.82, 2.24) is 14.5 Å². The highest BCUT2D eigenvalue weighted by Crippen LogP contribution is 2.36. The molecule has 2 aromatic carbocycles. The van der Waals surface area contributed by atoms with Crippen LogP contribution in [0.15, 0.2) is 48.7 Å². The monoisotopic (exact) mass is 443 g/mol. The van der Waals surface area contributed by atoms with Gasteiger partial charge < -0.3 is 30.4 Å². The van der Waals surface area contributed by atoms with Crippen molar-refractivity contribution in [1.29, 1.82) is 0 Å². The van der Waals surface area contributed by atoms with Gasteiger partial charge in [-0.1, -0.05) is 36.4 Å². The molecule has 1 amide bonds. The maximum absolute atomic E-state index is 11.9. The molecular formula is C23H22BN5O4. The highest BCUT2D eigenvalue weighted by molar-refractivity contribution is 6.58. The molecule has 3 heterocycles. The number of aromatic nitrogens is 3. The number of nitrogens with two attached hydrogens (primary N) is 1. The largest absolute Gasteiger partial charge is 0.488 e. The molecular weight excluding hydrogens is 421 g/mol. The summed E-state index contributed by atoms with van der Waals surface area (Å²) in [4.78, 5) is 21.4. The number of hydrogen-bond acceptors (Lipinski definition) is 7. The topological polar surface area (TPSA) is 136 Å². The molecule has 4 aromatic rings. The fraction of sp³-hybridized carbons (Fsp3) is 0.174. The summed E-state index contributed by atoms with van der Waals surface area (Å²) in [5, 5.41) is 23.8. The third-order valence-corrected chi connectivity index (χ3v) is 5.74. The first-order valence-corrected chi connectivity index (χ1v) is 10.5. The zero-order valence-corrected chi connectivity index (χ0v) is 17.9. The van der Waals surface area contributed by atoms with E-state index in [1.807, 2.05) is 29.9 Å². The van der Waals surface area contributed by atoms with Gasteiger partial charge in [0.1, 0.15) is 0 Å². The molecule has 0 atom stereocenters. The second-order valence-corrected chi connectivity index (χ2v) is 7.96. The number of anilines is 1. The van der Waals surface area contributed by atoms with Gasteiger partial charge in [0.25, 0.3) is 0 Å². The summed E-state index contributed by atoms with van der Waals surface area (Å²) in [5.74, 6) is 1.20. The third-order valence-electron chi connectivity index (χ3n) is 5.74. The normalized spacial score (nSPS) is 12.5. The molecule has 33 heavy (non-hydrogen) atoms. The van der Waals surface area contributed by atoms with Crippen LogP contribution in [-0.2, 0) is 20.0 Å². The number of nitrogens with one attached hydrogen (secondary N) is 1. The molecule has 0 saturated carbocycles. The van der Waals surface area contributed by atoms with E-state index in [1.54, 1.807) is 30.3 Å². The fourth-order valence-electron chi connectivity index (χ4n) is 4.20. The Morgan fingerprint density at radius 1 is 1.21 bits per heavy atom. The van der Waals surface area contributed by atoms with Gasteiger partial charge in [0.15, 0.2) is 17.4 Å². The second kappa shape index (κ2) is 8.23. The quantitative estimate of drug-likeness (QED) is 0.326. The standard InChI is InChI=1S/C23H22BN5O4/c1-29-12-17-15(6-3-7-16(17)21(25)30)19(29)22-27-18-8-9-33-20(18)23(28-22)26-11-13-4-2-5-14(10-13)24(31)32/h2-7,10,12,31-32H,8-9,11H2,1H3,(H2,25,30)(H,26,27,28). The number of carbonyl (C=O) groups excluding carboxylic acids is 1. The van der Waals surface area contributed by atoms with Crippen molar-refractivity contribution in [3.05, 3.63) is 65.5 Å². The van der Waals surface area contributed by atoms with Gasteiger partial charge in [0.2, 0.25) is 5.91 Å². The Hall–Kier alpha value is -3.89. The van der Waals surface area contributed by atoms with Crippen LogP contribution in [0.3, 0.4) is 0 Å². The summed E-state index contributed by atoms with van der Waals surface area (Å²) in [6.07, 6.45) is 2.53. The molecule has 10 heteroatoms. The zero-order chi connectivity index (χ0) is 23.1. The molecule has 2 aromatic heterocycles. The molecule has 0 bridgehead atoms. The highest BCUT2D eigenvalue weighted by Gasteiger charge is 2.24. The third kappa shape index (κ3) is 3.79. The molecule has 5 rings (SSSR count). The van der Waals surface area contributed by atoms with Crippen molar-refractivity contribution in [2.24, 2.45) is 12.8 Å². The number of hydrogen-bond donors (Lipinski definition) is 4. The van der Waals surface area contributed by atoms with Gasteiger partial charge in [0, 0.05) is 42.5 Å². The van der Waals surface area contributed by atoms with Crippen LogP contribution < -0.4 is 21.3 Å². The second-order valence-electron chi connectivity index (χ2n) is 7.96. The van der Waals surface area contributed by atoms with Crippen LogP contribution in [0, 0.1) is 0 Å². The lowest BCUT2D eigenvalue weighted by molar-refractivity contribution is 0.100. The van der Waals surface area contributed by atoms with E-state index in [9.17, 15) is 14.8 Å². The van der Waals surface area contributed by atoms with Crippen LogP contribution in [0.4, 0.5) is 5.82 Å². The predicted molar refractivity (Wildman–Crippen MR) is 125 cm³/mol. The highest BCUT2D eigenvalue weighted by atomic mass is 16.5. The smallest absolute Gasteiger partial charge is 0.487 e. The molecule has 1 aliphatic heterocycles. The van der Waals surface area contributed by atoms with Gasteiger partial charge in [-0.05, 0) is 17.1 Å². The van der Waals surface area contributed by atoms with E-state index in [0.717, 1.165) is 27.7 Å². The Morgan fingerprint density at radius 3 is 2.82 bits per heavy atom. The Bertz CT molecular complexity index is 1390. The van der Waals surface area contributed by atoms with Crippen LogP contribution in [0.2, 0.25) is 0 Å². The van der Waals surface area contributed by atoms with Crippen LogP contribution in [-0.4, -0.2) is 44.2 Å². The van der Waals surface area contributed by atoms with Crippen LogP contribution in [0.1, 0.15) is 21.6 Å². The van der Waals surface area contributed by atoms with Crippen molar-refractivity contribution in [3.63, 3.8) is 0 Å². The number of primary amides is 1. The maximum Gasteiger partial charge on any atom is 0.488 e. The molecule has 0 spiro atoms. The van der Waals surface area contributed by atoms with E-state index in [1.165, 1.54) is 0 Å². The van der Waals surface area contributed by atoms with E-state index >= 15 is 0 Å². The molecule has 0 aliphatic carbocycles. The minimum atomic E-state index is -1.53. The van der Waals surface area contributed by atoms with E-state index in [2.05, 4.69) is 5.32 Å². The Labute approximate surface area is 190 Å². The molecule has 9 nitrogen and oxygen atoms in total. The average molecular weight is 443 g/mol. The first-order chi connectivity index (χ1) is 15.9. The molecule has 5 N–H and O–H groups in total. The Balaban J connectivity index is 1.56. The van der Waals surface area contributed by atoms with Crippen LogP contribution in [0.25, 0.3) is 22.3 Å². The summed E-state index contributed by atoms with van der Waals surface area (Å²) in [7, 11) is 0.352. The zero-order valence-electron chi connectivity index (χ0n) is 17.9. The van der Waals surface area contributed by atoms with Crippen molar-refractivity contribution in [2.45, 2.75) is 13.0 Å². The number of aryl methyl sites for hydroxylation is 1. The first-order valence-electron chi connectivity index (χ1n) is 10.5. The van der Waals surface area contributed by atoms with Crippen LogP contribution in [0.5, 0.6) is 5.75 Å². The van der Waals surface area contributed by atoms with Crippen molar-refractivity contribution >= 4 is 35.1 Å².